The number of nitrogens with one attached hydrogen (secondary N) is 2. The largest absolute Gasteiger partial charge is 0.449 e. The highest BCUT2D eigenvalue weighted by Gasteiger charge is 2.46. The Labute approximate surface area is 204 Å². The second-order valence-electron chi connectivity index (χ2n) is 9.39. The van der Waals surface area contributed by atoms with Gasteiger partial charge in [-0.25, -0.2) is 4.79 Å². The van der Waals surface area contributed by atoms with E-state index in [9.17, 15) is 31.1 Å². The van der Waals surface area contributed by atoms with Gasteiger partial charge in [-0.2, -0.15) is 26.3 Å². The number of rotatable bonds is 5. The Morgan fingerprint density at radius 3 is 2.14 bits per heavy atom. The molecule has 2 saturated heterocycles. The van der Waals surface area contributed by atoms with Gasteiger partial charge in [-0.15, -0.1) is 0 Å². The average Bonchev–Trinajstić information content (AvgIpc) is 2.83. The number of hydrogen-bond donors (Lipinski definition) is 2. The Hall–Kier alpha value is -2.79. The minimum absolute atomic E-state index is 0.00367. The molecule has 1 unspecified atom stereocenters. The van der Waals surface area contributed by atoms with Gasteiger partial charge in [-0.3, -0.25) is 0 Å². The van der Waals surface area contributed by atoms with E-state index in [1.807, 2.05) is 30.3 Å². The quantitative estimate of drug-likeness (QED) is 0.483. The summed E-state index contributed by atoms with van der Waals surface area (Å²) in [6, 6.07) is 10.8. The number of cyclic esters (lactones) is 1. The van der Waals surface area contributed by atoms with Crippen LogP contribution in [0.2, 0.25) is 0 Å². The summed E-state index contributed by atoms with van der Waals surface area (Å²) in [6.45, 7) is 2.11. The lowest BCUT2D eigenvalue weighted by molar-refractivity contribution is -0.143. The first-order chi connectivity index (χ1) is 16.8. The van der Waals surface area contributed by atoms with Gasteiger partial charge in [0.05, 0.1) is 41.5 Å². The van der Waals surface area contributed by atoms with Crippen molar-refractivity contribution in [2.45, 2.75) is 55.7 Å². The van der Waals surface area contributed by atoms with Gasteiger partial charge in [0, 0.05) is 13.0 Å². The van der Waals surface area contributed by atoms with Crippen molar-refractivity contribution >= 4 is 6.09 Å². The molecule has 196 valence electrons. The van der Waals surface area contributed by atoms with E-state index >= 15 is 0 Å². The number of halogens is 6. The molecule has 0 aromatic heterocycles. The number of benzene rings is 2. The summed E-state index contributed by atoms with van der Waals surface area (Å²) in [7, 11) is 0. The zero-order valence-corrected chi connectivity index (χ0v) is 19.4. The predicted molar refractivity (Wildman–Crippen MR) is 118 cm³/mol. The molecule has 11 heteroatoms. The van der Waals surface area contributed by atoms with Gasteiger partial charge in [0.2, 0.25) is 0 Å². The number of alkyl carbamates (subject to hydrolysis) is 1. The highest BCUT2D eigenvalue weighted by atomic mass is 19.4. The molecule has 2 aromatic carbocycles. The van der Waals surface area contributed by atoms with Gasteiger partial charge in [0.15, 0.2) is 0 Å². The third-order valence-electron chi connectivity index (χ3n) is 6.96. The molecule has 2 aliphatic heterocycles. The van der Waals surface area contributed by atoms with Crippen molar-refractivity contribution in [3.63, 3.8) is 0 Å². The molecule has 0 bridgehead atoms. The van der Waals surface area contributed by atoms with Crippen LogP contribution in [-0.4, -0.2) is 31.4 Å². The van der Waals surface area contributed by atoms with Crippen molar-refractivity contribution in [3.8, 4) is 0 Å². The van der Waals surface area contributed by atoms with E-state index in [4.69, 9.17) is 9.47 Å². The van der Waals surface area contributed by atoms with Crippen LogP contribution in [0.1, 0.15) is 54.5 Å². The number of alkyl halides is 6. The van der Waals surface area contributed by atoms with Gasteiger partial charge >= 0.3 is 18.4 Å². The van der Waals surface area contributed by atoms with E-state index in [1.54, 1.807) is 0 Å². The van der Waals surface area contributed by atoms with Gasteiger partial charge in [0.1, 0.15) is 0 Å². The Morgan fingerprint density at radius 2 is 1.61 bits per heavy atom. The zero-order valence-electron chi connectivity index (χ0n) is 19.4. The second kappa shape index (κ2) is 9.59. The second-order valence-corrected chi connectivity index (χ2v) is 9.39. The molecular weight excluding hydrogens is 490 g/mol. The minimum atomic E-state index is -4.94. The summed E-state index contributed by atoms with van der Waals surface area (Å²) >= 11 is 0. The Morgan fingerprint density at radius 1 is 0.972 bits per heavy atom. The number of piperidine rings is 1. The minimum Gasteiger partial charge on any atom is -0.449 e. The fourth-order valence-electron chi connectivity index (χ4n) is 4.73. The van der Waals surface area contributed by atoms with E-state index < -0.39 is 46.8 Å². The third-order valence-corrected chi connectivity index (χ3v) is 6.96. The smallest absolute Gasteiger partial charge is 0.416 e. The molecule has 5 nitrogen and oxygen atoms in total. The average molecular weight is 516 g/mol. The van der Waals surface area contributed by atoms with Crippen LogP contribution in [0.4, 0.5) is 31.1 Å². The lowest BCUT2D eigenvalue weighted by atomic mass is 9.75. The van der Waals surface area contributed by atoms with Crippen molar-refractivity contribution in [1.82, 2.24) is 10.6 Å². The molecule has 1 amide bonds. The van der Waals surface area contributed by atoms with Crippen molar-refractivity contribution in [2.75, 3.05) is 19.8 Å². The molecule has 1 spiro atoms. The number of amides is 1. The van der Waals surface area contributed by atoms with Crippen molar-refractivity contribution in [2.24, 2.45) is 0 Å². The SMILES string of the molecule is CC(OC[C@@]1(c2ccccc2)CC[C@]2(CCOC(=O)N2)CN1)c1cc(C(F)(F)F)cc(C(F)(F)F)c1. The van der Waals surface area contributed by atoms with Gasteiger partial charge < -0.3 is 20.1 Å². The van der Waals surface area contributed by atoms with E-state index in [0.717, 1.165) is 5.56 Å². The van der Waals surface area contributed by atoms with E-state index in [-0.39, 0.29) is 24.8 Å². The van der Waals surface area contributed by atoms with Crippen LogP contribution in [0.15, 0.2) is 48.5 Å². The molecule has 2 N–H and O–H groups in total. The zero-order chi connectivity index (χ0) is 26.2. The third kappa shape index (κ3) is 5.62. The first kappa shape index (κ1) is 26.3. The lowest BCUT2D eigenvalue weighted by Gasteiger charge is -2.49. The molecule has 2 heterocycles. The first-order valence-electron chi connectivity index (χ1n) is 11.5. The van der Waals surface area contributed by atoms with Crippen molar-refractivity contribution in [1.29, 1.82) is 0 Å². The van der Waals surface area contributed by atoms with Crippen LogP contribution in [0.3, 0.4) is 0 Å². The fourth-order valence-corrected chi connectivity index (χ4v) is 4.73. The molecular formula is C25H26F6N2O3. The topological polar surface area (TPSA) is 59.6 Å². The molecule has 4 rings (SSSR count). The van der Waals surface area contributed by atoms with Gasteiger partial charge in [0.25, 0.3) is 0 Å². The van der Waals surface area contributed by atoms with Crippen LogP contribution in [0.25, 0.3) is 0 Å². The first-order valence-corrected chi connectivity index (χ1v) is 11.5. The van der Waals surface area contributed by atoms with Crippen molar-refractivity contribution < 1.29 is 40.6 Å². The highest BCUT2D eigenvalue weighted by Crippen LogP contribution is 2.40. The highest BCUT2D eigenvalue weighted by molar-refractivity contribution is 5.69. The molecule has 0 aliphatic carbocycles. The van der Waals surface area contributed by atoms with Crippen molar-refractivity contribution in [3.05, 3.63) is 70.8 Å². The summed E-state index contributed by atoms with van der Waals surface area (Å²) in [5.41, 5.74) is -3.36. The summed E-state index contributed by atoms with van der Waals surface area (Å²) < 4.78 is 90.7. The summed E-state index contributed by atoms with van der Waals surface area (Å²) in [5, 5.41) is 6.33. The normalized spacial score (nSPS) is 25.8. The maximum absolute atomic E-state index is 13.3. The standard InChI is InChI=1S/C25H26F6N2O3/c1-16(17-11-19(24(26,27)28)13-20(12-17)25(29,30)31)36-15-23(18-5-3-2-4-6-18)8-7-22(14-32-23)9-10-35-21(34)33-22/h2-6,11-13,16,32H,7-10,14-15H2,1H3,(H,33,34)/t16?,22-,23+/m0/s1. The van der Waals surface area contributed by atoms with E-state index in [0.29, 0.717) is 37.9 Å². The molecule has 0 saturated carbocycles. The molecule has 3 atom stereocenters. The number of ether oxygens (including phenoxy) is 2. The Balaban J connectivity index is 1.57. The predicted octanol–water partition coefficient (Wildman–Crippen LogP) is 5.95. The maximum atomic E-state index is 13.3. The lowest BCUT2D eigenvalue weighted by Crippen LogP contribution is -2.66. The Bertz CT molecular complexity index is 1050. The molecule has 36 heavy (non-hydrogen) atoms. The van der Waals surface area contributed by atoms with Crippen LogP contribution in [-0.2, 0) is 27.4 Å². The van der Waals surface area contributed by atoms with Crippen LogP contribution in [0.5, 0.6) is 0 Å². The van der Waals surface area contributed by atoms with Gasteiger partial charge in [-0.05, 0) is 49.1 Å². The number of hydrogen-bond acceptors (Lipinski definition) is 4. The van der Waals surface area contributed by atoms with E-state index in [1.165, 1.54) is 6.92 Å². The molecule has 0 radical (unpaired) electrons. The van der Waals surface area contributed by atoms with Crippen LogP contribution < -0.4 is 10.6 Å². The summed E-state index contributed by atoms with van der Waals surface area (Å²) in [4.78, 5) is 11.8. The van der Waals surface area contributed by atoms with E-state index in [2.05, 4.69) is 10.6 Å². The number of carbonyl (C=O) groups excluding carboxylic acids is 1. The fraction of sp³-hybridized carbons (Fsp3) is 0.480. The number of carbonyl (C=O) groups is 1. The van der Waals surface area contributed by atoms with Gasteiger partial charge in [-0.1, -0.05) is 30.3 Å². The maximum Gasteiger partial charge on any atom is 0.416 e. The van der Waals surface area contributed by atoms with Crippen LogP contribution in [0, 0.1) is 0 Å². The van der Waals surface area contributed by atoms with Crippen LogP contribution >= 0.6 is 0 Å². The Kier molecular flexibility index (Phi) is 7.00. The monoisotopic (exact) mass is 516 g/mol. The summed E-state index contributed by atoms with van der Waals surface area (Å²) in [6.07, 6.45) is -9.70. The molecule has 2 aromatic rings. The molecule has 2 fully saturated rings. The molecule has 2 aliphatic rings. The summed E-state index contributed by atoms with van der Waals surface area (Å²) in [5.74, 6) is 0.